The van der Waals surface area contributed by atoms with E-state index in [4.69, 9.17) is 11.6 Å². The summed E-state index contributed by atoms with van der Waals surface area (Å²) in [4.78, 5) is 13.7. The van der Waals surface area contributed by atoms with Crippen LogP contribution < -0.4 is 4.72 Å². The van der Waals surface area contributed by atoms with Gasteiger partial charge in [-0.3, -0.25) is 0 Å². The summed E-state index contributed by atoms with van der Waals surface area (Å²) in [7, 11) is -4.16. The van der Waals surface area contributed by atoms with Gasteiger partial charge < -0.3 is 4.98 Å². The summed E-state index contributed by atoms with van der Waals surface area (Å²) in [5.41, 5.74) is 0.576. The van der Waals surface area contributed by atoms with Gasteiger partial charge in [-0.15, -0.1) is 0 Å². The molecule has 7 nitrogen and oxygen atoms in total. The zero-order valence-electron chi connectivity index (χ0n) is 10.2. The molecule has 0 fully saturated rings. The first-order valence-electron chi connectivity index (χ1n) is 5.61. The van der Waals surface area contributed by atoms with Crippen molar-refractivity contribution in [3.05, 3.63) is 41.6 Å². The van der Waals surface area contributed by atoms with Crippen molar-refractivity contribution in [2.75, 3.05) is 4.72 Å². The van der Waals surface area contributed by atoms with Crippen LogP contribution in [0.2, 0.25) is 5.15 Å². The second-order valence-corrected chi connectivity index (χ2v) is 5.98. The third-order valence-electron chi connectivity index (χ3n) is 2.59. The van der Waals surface area contributed by atoms with E-state index in [1.54, 1.807) is 0 Å². The van der Waals surface area contributed by atoms with E-state index in [2.05, 4.69) is 24.7 Å². The topological polar surface area (TPSA) is 101 Å². The van der Waals surface area contributed by atoms with E-state index in [1.807, 2.05) is 0 Å². The lowest BCUT2D eigenvalue weighted by Crippen LogP contribution is -2.16. The summed E-state index contributed by atoms with van der Waals surface area (Å²) >= 11 is 5.88. The Morgan fingerprint density at radius 3 is 2.76 bits per heavy atom. The van der Waals surface area contributed by atoms with Gasteiger partial charge >= 0.3 is 0 Å². The maximum absolute atomic E-state index is 13.6. The van der Waals surface area contributed by atoms with E-state index < -0.39 is 20.7 Å². The first-order valence-corrected chi connectivity index (χ1v) is 7.47. The number of nitrogens with zero attached hydrogens (tertiary/aromatic N) is 3. The summed E-state index contributed by atoms with van der Waals surface area (Å²) < 4.78 is 39.8. The summed E-state index contributed by atoms with van der Waals surface area (Å²) in [6, 6.07) is 4.96. The first kappa shape index (κ1) is 13.7. The molecule has 21 heavy (non-hydrogen) atoms. The number of anilines is 1. The molecule has 2 heterocycles. The van der Waals surface area contributed by atoms with E-state index in [0.29, 0.717) is 5.52 Å². The molecule has 0 bridgehead atoms. The second kappa shape index (κ2) is 4.93. The third kappa shape index (κ3) is 2.52. The number of aromatic nitrogens is 4. The average molecular weight is 328 g/mol. The minimum atomic E-state index is -4.16. The highest BCUT2D eigenvalue weighted by Crippen LogP contribution is 2.21. The van der Waals surface area contributed by atoms with Crippen molar-refractivity contribution in [1.82, 2.24) is 19.9 Å². The highest BCUT2D eigenvalue weighted by Gasteiger charge is 2.20. The van der Waals surface area contributed by atoms with E-state index in [-0.39, 0.29) is 16.7 Å². The highest BCUT2D eigenvalue weighted by molar-refractivity contribution is 7.92. The lowest BCUT2D eigenvalue weighted by molar-refractivity contribution is 0.570. The Bertz CT molecular complexity index is 927. The fourth-order valence-electron chi connectivity index (χ4n) is 1.68. The molecule has 0 amide bonds. The number of fused-ring (bicyclic) bond motifs is 1. The van der Waals surface area contributed by atoms with Gasteiger partial charge in [-0.05, 0) is 12.1 Å². The van der Waals surface area contributed by atoms with E-state index in [9.17, 15) is 12.8 Å². The van der Waals surface area contributed by atoms with Gasteiger partial charge in [0.2, 0.25) is 5.95 Å². The fourth-order valence-corrected chi connectivity index (χ4v) is 2.92. The molecule has 0 saturated carbocycles. The van der Waals surface area contributed by atoms with Crippen LogP contribution in [0.15, 0.2) is 35.5 Å². The minimum absolute atomic E-state index is 0.00346. The molecule has 0 radical (unpaired) electrons. The quantitative estimate of drug-likeness (QED) is 0.716. The van der Waals surface area contributed by atoms with Crippen molar-refractivity contribution in [3.8, 4) is 0 Å². The Balaban J connectivity index is 2.03. The predicted octanol–water partition coefficient (Wildman–Crippen LogP) is 1.95. The molecule has 0 spiro atoms. The molecule has 0 unspecified atom stereocenters. The lowest BCUT2D eigenvalue weighted by Gasteiger charge is -2.07. The molecule has 10 heteroatoms. The molecule has 3 aromatic rings. The molecule has 108 valence electrons. The Kier molecular flexibility index (Phi) is 3.22. The number of hydrogen-bond acceptors (Lipinski definition) is 5. The van der Waals surface area contributed by atoms with Crippen molar-refractivity contribution in [2.45, 2.75) is 4.90 Å². The molecule has 1 aromatic carbocycles. The Labute approximate surface area is 123 Å². The summed E-state index contributed by atoms with van der Waals surface area (Å²) in [5, 5.41) is 0.00346. The number of hydrogen-bond donors (Lipinski definition) is 2. The maximum Gasteiger partial charge on any atom is 0.267 e. The number of halogens is 2. The number of H-pyrrole nitrogens is 1. The van der Waals surface area contributed by atoms with Crippen molar-refractivity contribution in [2.24, 2.45) is 0 Å². The zero-order valence-corrected chi connectivity index (χ0v) is 11.8. The zero-order chi connectivity index (χ0) is 15.0. The molecule has 0 aliphatic carbocycles. The van der Waals surface area contributed by atoms with Gasteiger partial charge in [0, 0.05) is 0 Å². The van der Waals surface area contributed by atoms with Gasteiger partial charge in [0.05, 0.1) is 6.33 Å². The molecule has 2 N–H and O–H groups in total. The van der Waals surface area contributed by atoms with E-state index in [0.717, 1.165) is 12.1 Å². The number of rotatable bonds is 3. The number of benzene rings is 1. The van der Waals surface area contributed by atoms with Crippen LogP contribution in [0.5, 0.6) is 0 Å². The summed E-state index contributed by atoms with van der Waals surface area (Å²) in [6.45, 7) is 0. The van der Waals surface area contributed by atoms with Crippen LogP contribution >= 0.6 is 11.6 Å². The van der Waals surface area contributed by atoms with Crippen LogP contribution in [0, 0.1) is 5.82 Å². The number of nitrogens with one attached hydrogen (secondary N) is 2. The van der Waals surface area contributed by atoms with Crippen molar-refractivity contribution < 1.29 is 12.8 Å². The van der Waals surface area contributed by atoms with Crippen LogP contribution in [0.1, 0.15) is 0 Å². The number of imidazole rings is 1. The second-order valence-electron chi connectivity index (χ2n) is 3.98. The monoisotopic (exact) mass is 327 g/mol. The average Bonchev–Trinajstić information content (AvgIpc) is 2.87. The Hall–Kier alpha value is -2.26. The van der Waals surface area contributed by atoms with Crippen LogP contribution in [-0.4, -0.2) is 28.4 Å². The van der Waals surface area contributed by atoms with Crippen LogP contribution in [0.3, 0.4) is 0 Å². The smallest absolute Gasteiger partial charge is 0.267 e. The van der Waals surface area contributed by atoms with E-state index >= 15 is 0 Å². The van der Waals surface area contributed by atoms with Crippen LogP contribution in [0.4, 0.5) is 10.3 Å². The van der Waals surface area contributed by atoms with Gasteiger partial charge in [0.15, 0.2) is 10.8 Å². The standard InChI is InChI=1S/C11H7ClFN5O2S/c12-9-8-10(15-5-14-8)17-11(16-9)18-21(19,20)7-4-2-1-3-6(7)13/h1-5H,(H2,14,15,16,17,18). The van der Waals surface area contributed by atoms with Gasteiger partial charge in [0.1, 0.15) is 16.2 Å². The maximum atomic E-state index is 13.6. The molecule has 3 rings (SSSR count). The highest BCUT2D eigenvalue weighted by atomic mass is 35.5. The molecular weight excluding hydrogens is 321 g/mol. The first-order chi connectivity index (χ1) is 9.97. The SMILES string of the molecule is O=S(=O)(Nc1nc(Cl)c2[nH]cnc2n1)c1ccccc1F. The van der Waals surface area contributed by atoms with Crippen molar-refractivity contribution in [1.29, 1.82) is 0 Å². The molecule has 0 aliphatic rings. The Morgan fingerprint density at radius 2 is 2.00 bits per heavy atom. The molecule has 0 atom stereocenters. The lowest BCUT2D eigenvalue weighted by atomic mass is 10.4. The van der Waals surface area contributed by atoms with Gasteiger partial charge in [0.25, 0.3) is 10.0 Å². The third-order valence-corrected chi connectivity index (χ3v) is 4.23. The van der Waals surface area contributed by atoms with Crippen LogP contribution in [-0.2, 0) is 10.0 Å². The van der Waals surface area contributed by atoms with Gasteiger partial charge in [-0.1, -0.05) is 23.7 Å². The van der Waals surface area contributed by atoms with Gasteiger partial charge in [-0.25, -0.2) is 22.5 Å². The Morgan fingerprint density at radius 1 is 1.24 bits per heavy atom. The largest absolute Gasteiger partial charge is 0.341 e. The van der Waals surface area contributed by atoms with E-state index in [1.165, 1.54) is 18.5 Å². The molecular formula is C11H7ClFN5O2S. The summed E-state index contributed by atoms with van der Waals surface area (Å²) in [6.07, 6.45) is 1.35. The van der Waals surface area contributed by atoms with Crippen LogP contribution in [0.25, 0.3) is 11.2 Å². The summed E-state index contributed by atoms with van der Waals surface area (Å²) in [5.74, 6) is -1.17. The molecule has 0 saturated heterocycles. The molecule has 2 aromatic heterocycles. The minimum Gasteiger partial charge on any atom is -0.341 e. The van der Waals surface area contributed by atoms with Gasteiger partial charge in [-0.2, -0.15) is 9.97 Å². The normalized spacial score (nSPS) is 11.7. The van der Waals surface area contributed by atoms with Crippen molar-refractivity contribution >= 4 is 38.7 Å². The molecule has 0 aliphatic heterocycles. The predicted molar refractivity (Wildman–Crippen MR) is 73.9 cm³/mol. The number of aromatic amines is 1. The van der Waals surface area contributed by atoms with Crippen molar-refractivity contribution in [3.63, 3.8) is 0 Å². The number of sulfonamides is 1. The fraction of sp³-hybridized carbons (Fsp3) is 0.